The molecule has 0 spiro atoms. The third-order valence-corrected chi connectivity index (χ3v) is 6.31. The lowest BCUT2D eigenvalue weighted by molar-refractivity contribution is -0.120. The van der Waals surface area contributed by atoms with Crippen LogP contribution in [0.25, 0.3) is 0 Å². The third kappa shape index (κ3) is 5.95. The highest BCUT2D eigenvalue weighted by Gasteiger charge is 2.23. The van der Waals surface area contributed by atoms with Gasteiger partial charge in [-0.25, -0.2) is 8.42 Å². The monoisotopic (exact) mass is 436 g/mol. The van der Waals surface area contributed by atoms with Crippen molar-refractivity contribution >= 4 is 21.6 Å². The van der Waals surface area contributed by atoms with Crippen LogP contribution in [0.2, 0.25) is 0 Å². The Morgan fingerprint density at radius 3 is 2.03 bits per heavy atom. The second-order valence-electron chi connectivity index (χ2n) is 7.61. The van der Waals surface area contributed by atoms with Crippen LogP contribution in [0.1, 0.15) is 35.2 Å². The first-order valence-corrected chi connectivity index (χ1v) is 12.1. The van der Waals surface area contributed by atoms with Crippen LogP contribution >= 0.6 is 0 Å². The predicted octanol–water partition coefficient (Wildman–Crippen LogP) is 4.23. The number of aryl methyl sites for hydroxylation is 2. The highest BCUT2D eigenvalue weighted by Crippen LogP contribution is 2.23. The number of rotatable bonds is 8. The quantitative estimate of drug-likeness (QED) is 0.575. The lowest BCUT2D eigenvalue weighted by atomic mass is 9.98. The molecular weight excluding hydrogens is 408 g/mol. The largest absolute Gasteiger partial charge is 0.344 e. The molecule has 0 aliphatic heterocycles. The SMILES string of the molecule is CCc1ccc(N(CC(=O)N[C@H](c2ccccc2)c2ccc(C)cc2)S(C)(=O)=O)cc1. The van der Waals surface area contributed by atoms with Gasteiger partial charge in [-0.15, -0.1) is 0 Å². The molecular formula is C25H28N2O3S. The van der Waals surface area contributed by atoms with Crippen molar-refractivity contribution in [3.8, 4) is 0 Å². The van der Waals surface area contributed by atoms with Crippen LogP contribution in [0.5, 0.6) is 0 Å². The average Bonchev–Trinajstić information content (AvgIpc) is 2.76. The van der Waals surface area contributed by atoms with Crippen molar-refractivity contribution in [2.24, 2.45) is 0 Å². The summed E-state index contributed by atoms with van der Waals surface area (Å²) in [5.74, 6) is -0.376. The zero-order valence-corrected chi connectivity index (χ0v) is 18.9. The Balaban J connectivity index is 1.86. The van der Waals surface area contributed by atoms with Gasteiger partial charge in [0.05, 0.1) is 18.0 Å². The number of hydrogen-bond acceptors (Lipinski definition) is 3. The molecule has 0 fully saturated rings. The van der Waals surface area contributed by atoms with Gasteiger partial charge in [0.1, 0.15) is 6.54 Å². The van der Waals surface area contributed by atoms with Gasteiger partial charge in [0.15, 0.2) is 0 Å². The number of nitrogens with zero attached hydrogens (tertiary/aromatic N) is 1. The van der Waals surface area contributed by atoms with E-state index >= 15 is 0 Å². The molecule has 6 heteroatoms. The molecule has 0 heterocycles. The van der Waals surface area contributed by atoms with E-state index in [0.29, 0.717) is 5.69 Å². The van der Waals surface area contributed by atoms with Crippen LogP contribution in [0.15, 0.2) is 78.9 Å². The molecule has 0 saturated carbocycles. The minimum absolute atomic E-state index is 0.292. The zero-order valence-electron chi connectivity index (χ0n) is 18.1. The summed E-state index contributed by atoms with van der Waals surface area (Å²) in [6.07, 6.45) is 1.97. The molecule has 162 valence electrons. The normalized spacial score (nSPS) is 12.2. The van der Waals surface area contributed by atoms with Gasteiger partial charge in [0.25, 0.3) is 0 Å². The average molecular weight is 437 g/mol. The molecule has 0 aliphatic rings. The number of benzene rings is 3. The molecule has 31 heavy (non-hydrogen) atoms. The number of carbonyl (C=O) groups is 1. The number of anilines is 1. The van der Waals surface area contributed by atoms with E-state index in [-0.39, 0.29) is 18.5 Å². The first-order valence-electron chi connectivity index (χ1n) is 10.3. The Bertz CT molecular complexity index is 1110. The summed E-state index contributed by atoms with van der Waals surface area (Å²) in [5, 5.41) is 3.02. The minimum Gasteiger partial charge on any atom is -0.344 e. The molecule has 1 amide bonds. The van der Waals surface area contributed by atoms with Gasteiger partial charge >= 0.3 is 0 Å². The summed E-state index contributed by atoms with van der Waals surface area (Å²) in [7, 11) is -3.63. The lowest BCUT2D eigenvalue weighted by Gasteiger charge is -2.25. The van der Waals surface area contributed by atoms with E-state index in [2.05, 4.69) is 5.32 Å². The van der Waals surface area contributed by atoms with Gasteiger partial charge < -0.3 is 5.32 Å². The van der Waals surface area contributed by atoms with E-state index in [1.807, 2.05) is 80.6 Å². The van der Waals surface area contributed by atoms with Gasteiger partial charge in [0.2, 0.25) is 15.9 Å². The van der Waals surface area contributed by atoms with E-state index in [9.17, 15) is 13.2 Å². The van der Waals surface area contributed by atoms with Gasteiger partial charge in [0, 0.05) is 0 Å². The van der Waals surface area contributed by atoms with Crippen molar-refractivity contribution in [1.29, 1.82) is 0 Å². The fourth-order valence-corrected chi connectivity index (χ4v) is 4.25. The Kier molecular flexibility index (Phi) is 7.13. The standard InChI is InChI=1S/C25H28N2O3S/c1-4-20-12-16-23(17-13-20)27(31(3,29)30)18-24(28)26-25(21-8-6-5-7-9-21)22-14-10-19(2)11-15-22/h5-17,25H,4,18H2,1-3H3,(H,26,28)/t25-/m1/s1. The van der Waals surface area contributed by atoms with Crippen LogP contribution in [0.3, 0.4) is 0 Å². The molecule has 3 rings (SSSR count). The molecule has 5 nitrogen and oxygen atoms in total. The van der Waals surface area contributed by atoms with E-state index in [4.69, 9.17) is 0 Å². The maximum atomic E-state index is 13.0. The summed E-state index contributed by atoms with van der Waals surface area (Å²) in [6.45, 7) is 3.75. The van der Waals surface area contributed by atoms with Gasteiger partial charge in [-0.05, 0) is 42.2 Å². The smallest absolute Gasteiger partial charge is 0.241 e. The van der Waals surface area contributed by atoms with E-state index in [1.54, 1.807) is 12.1 Å². The van der Waals surface area contributed by atoms with Gasteiger partial charge in [-0.1, -0.05) is 79.2 Å². The maximum Gasteiger partial charge on any atom is 0.241 e. The van der Waals surface area contributed by atoms with Crippen molar-refractivity contribution < 1.29 is 13.2 Å². The molecule has 0 bridgehead atoms. The molecule has 0 aromatic heterocycles. The molecule has 3 aromatic rings. The van der Waals surface area contributed by atoms with E-state index in [1.165, 1.54) is 0 Å². The van der Waals surface area contributed by atoms with Crippen molar-refractivity contribution in [2.45, 2.75) is 26.3 Å². The van der Waals surface area contributed by atoms with Crippen molar-refractivity contribution in [2.75, 3.05) is 17.1 Å². The van der Waals surface area contributed by atoms with Gasteiger partial charge in [-0.2, -0.15) is 0 Å². The lowest BCUT2D eigenvalue weighted by Crippen LogP contribution is -2.41. The summed E-state index contributed by atoms with van der Waals surface area (Å²) >= 11 is 0. The summed E-state index contributed by atoms with van der Waals surface area (Å²) in [4.78, 5) is 13.0. The number of carbonyl (C=O) groups excluding carboxylic acids is 1. The summed E-state index contributed by atoms with van der Waals surface area (Å²) in [5.41, 5.74) is 4.56. The highest BCUT2D eigenvalue weighted by atomic mass is 32.2. The van der Waals surface area contributed by atoms with Crippen LogP contribution in [-0.4, -0.2) is 27.1 Å². The molecule has 0 aliphatic carbocycles. The third-order valence-electron chi connectivity index (χ3n) is 5.17. The highest BCUT2D eigenvalue weighted by molar-refractivity contribution is 7.92. The summed E-state index contributed by atoms with van der Waals surface area (Å²) in [6, 6.07) is 24.5. The molecule has 0 saturated heterocycles. The predicted molar refractivity (Wildman–Crippen MR) is 126 cm³/mol. The molecule has 0 radical (unpaired) electrons. The molecule has 1 atom stereocenters. The minimum atomic E-state index is -3.63. The Morgan fingerprint density at radius 1 is 0.903 bits per heavy atom. The first kappa shape index (κ1) is 22.6. The Labute approximate surface area is 184 Å². The molecule has 0 unspecified atom stereocenters. The van der Waals surface area contributed by atoms with Crippen LogP contribution in [0, 0.1) is 6.92 Å². The van der Waals surface area contributed by atoms with Crippen LogP contribution in [-0.2, 0) is 21.2 Å². The maximum absolute atomic E-state index is 13.0. The van der Waals surface area contributed by atoms with Gasteiger partial charge in [-0.3, -0.25) is 9.10 Å². The van der Waals surface area contributed by atoms with E-state index < -0.39 is 10.0 Å². The van der Waals surface area contributed by atoms with Crippen LogP contribution < -0.4 is 9.62 Å². The van der Waals surface area contributed by atoms with Crippen LogP contribution in [0.4, 0.5) is 5.69 Å². The fourth-order valence-electron chi connectivity index (χ4n) is 3.40. The second-order valence-corrected chi connectivity index (χ2v) is 9.52. The zero-order chi connectivity index (χ0) is 22.4. The van der Waals surface area contributed by atoms with Crippen molar-refractivity contribution in [3.05, 3.63) is 101 Å². The van der Waals surface area contributed by atoms with Crippen molar-refractivity contribution in [1.82, 2.24) is 5.32 Å². The number of hydrogen-bond donors (Lipinski definition) is 1. The molecule has 1 N–H and O–H groups in total. The second kappa shape index (κ2) is 9.79. The summed E-state index contributed by atoms with van der Waals surface area (Å²) < 4.78 is 26.0. The Morgan fingerprint density at radius 2 is 1.48 bits per heavy atom. The number of sulfonamides is 1. The number of amides is 1. The topological polar surface area (TPSA) is 66.5 Å². The first-order chi connectivity index (χ1) is 14.8. The fraction of sp³-hybridized carbons (Fsp3) is 0.240. The molecule has 3 aromatic carbocycles. The van der Waals surface area contributed by atoms with E-state index in [0.717, 1.165) is 39.2 Å². The van der Waals surface area contributed by atoms with Crippen molar-refractivity contribution in [3.63, 3.8) is 0 Å². The number of nitrogens with one attached hydrogen (secondary N) is 1. The Hall–Kier alpha value is -3.12.